The monoisotopic (exact) mass is 323 g/mol. The lowest BCUT2D eigenvalue weighted by Gasteiger charge is -2.22. The second-order valence-corrected chi connectivity index (χ2v) is 5.80. The van der Waals surface area contributed by atoms with Gasteiger partial charge in [-0.15, -0.1) is 0 Å². The molecule has 2 aromatic rings. The Morgan fingerprint density at radius 3 is 2.29 bits per heavy atom. The number of fused-ring (bicyclic) bond motifs is 1. The van der Waals surface area contributed by atoms with Crippen LogP contribution in [0.15, 0.2) is 36.4 Å². The molecule has 1 unspecified atom stereocenters. The first-order chi connectivity index (χ1) is 10.1. The van der Waals surface area contributed by atoms with Gasteiger partial charge in [0.2, 0.25) is 0 Å². The molecule has 2 N–H and O–H groups in total. The zero-order valence-electron chi connectivity index (χ0n) is 11.3. The Morgan fingerprint density at radius 2 is 1.62 bits per heavy atom. The molecule has 1 heterocycles. The molecule has 2 aromatic carbocycles. The summed E-state index contributed by atoms with van der Waals surface area (Å²) in [6.45, 7) is 1.08. The molecule has 0 fully saturated rings. The van der Waals surface area contributed by atoms with Gasteiger partial charge in [0.05, 0.1) is 0 Å². The third-order valence-corrected chi connectivity index (χ3v) is 4.01. The van der Waals surface area contributed by atoms with Crippen molar-refractivity contribution in [3.63, 3.8) is 0 Å². The smallest absolute Gasteiger partial charge is 0.162 e. The molecule has 5 heteroatoms. The molecule has 0 radical (unpaired) electrons. The molecule has 0 aromatic heterocycles. The highest BCUT2D eigenvalue weighted by atomic mass is 35.5. The van der Waals surface area contributed by atoms with Crippen LogP contribution in [0.3, 0.4) is 0 Å². The van der Waals surface area contributed by atoms with Gasteiger partial charge in [-0.1, -0.05) is 35.3 Å². The Balaban J connectivity index is 1.83. The highest BCUT2D eigenvalue weighted by molar-refractivity contribution is 6.31. The number of benzene rings is 2. The first-order valence-corrected chi connectivity index (χ1v) is 7.48. The van der Waals surface area contributed by atoms with Crippen molar-refractivity contribution in [1.29, 1.82) is 0 Å². The van der Waals surface area contributed by atoms with Crippen LogP contribution in [0.5, 0.6) is 11.5 Å². The van der Waals surface area contributed by atoms with Crippen molar-refractivity contribution >= 4 is 23.2 Å². The van der Waals surface area contributed by atoms with Gasteiger partial charge in [0.25, 0.3) is 0 Å². The van der Waals surface area contributed by atoms with E-state index < -0.39 is 0 Å². The summed E-state index contributed by atoms with van der Waals surface area (Å²) >= 11 is 12.2. The van der Waals surface area contributed by atoms with Crippen LogP contribution in [0.1, 0.15) is 17.2 Å². The Labute approximate surface area is 133 Å². The average molecular weight is 324 g/mol. The van der Waals surface area contributed by atoms with Gasteiger partial charge in [0.1, 0.15) is 13.2 Å². The maximum atomic E-state index is 6.31. The van der Waals surface area contributed by atoms with Gasteiger partial charge >= 0.3 is 0 Å². The molecule has 0 amide bonds. The molecule has 0 saturated carbocycles. The van der Waals surface area contributed by atoms with Crippen molar-refractivity contribution < 1.29 is 9.47 Å². The number of hydrogen-bond acceptors (Lipinski definition) is 3. The Morgan fingerprint density at radius 1 is 1.00 bits per heavy atom. The maximum Gasteiger partial charge on any atom is 0.162 e. The van der Waals surface area contributed by atoms with Crippen molar-refractivity contribution in [2.75, 3.05) is 13.2 Å². The Hall–Kier alpha value is -1.42. The van der Waals surface area contributed by atoms with Crippen LogP contribution >= 0.6 is 23.2 Å². The van der Waals surface area contributed by atoms with Crippen molar-refractivity contribution in [1.82, 2.24) is 0 Å². The van der Waals surface area contributed by atoms with Crippen LogP contribution in [-0.2, 0) is 6.42 Å². The van der Waals surface area contributed by atoms with Gasteiger partial charge < -0.3 is 15.2 Å². The quantitative estimate of drug-likeness (QED) is 0.928. The van der Waals surface area contributed by atoms with Crippen molar-refractivity contribution in [3.8, 4) is 11.5 Å². The van der Waals surface area contributed by atoms with Gasteiger partial charge in [0, 0.05) is 22.2 Å². The van der Waals surface area contributed by atoms with E-state index in [1.807, 2.05) is 30.3 Å². The molecular weight excluding hydrogens is 309 g/mol. The molecule has 3 rings (SSSR count). The summed E-state index contributed by atoms with van der Waals surface area (Å²) in [4.78, 5) is 0. The van der Waals surface area contributed by atoms with Gasteiger partial charge in [0.15, 0.2) is 11.5 Å². The minimum Gasteiger partial charge on any atom is -0.486 e. The third-order valence-electron chi connectivity index (χ3n) is 3.43. The van der Waals surface area contributed by atoms with Gasteiger partial charge in [-0.25, -0.2) is 0 Å². The van der Waals surface area contributed by atoms with E-state index in [0.717, 1.165) is 11.1 Å². The lowest BCUT2D eigenvalue weighted by Crippen LogP contribution is -2.18. The molecule has 3 nitrogen and oxygen atoms in total. The van der Waals surface area contributed by atoms with E-state index in [0.29, 0.717) is 41.2 Å². The van der Waals surface area contributed by atoms with Crippen LogP contribution in [0, 0.1) is 0 Å². The number of halogens is 2. The fourth-order valence-electron chi connectivity index (χ4n) is 2.35. The topological polar surface area (TPSA) is 44.5 Å². The fraction of sp³-hybridized carbons (Fsp3) is 0.250. The van der Waals surface area contributed by atoms with Crippen molar-refractivity contribution in [2.24, 2.45) is 5.73 Å². The van der Waals surface area contributed by atoms with E-state index in [9.17, 15) is 0 Å². The van der Waals surface area contributed by atoms with Gasteiger partial charge in [-0.2, -0.15) is 0 Å². The molecular formula is C16H15Cl2NO2. The molecule has 1 aliphatic rings. The highest BCUT2D eigenvalue weighted by Crippen LogP contribution is 2.37. The molecule has 0 aliphatic carbocycles. The largest absolute Gasteiger partial charge is 0.486 e. The number of nitrogens with two attached hydrogens (primary N) is 1. The van der Waals surface area contributed by atoms with E-state index in [-0.39, 0.29) is 6.04 Å². The zero-order chi connectivity index (χ0) is 14.8. The molecule has 0 bridgehead atoms. The molecule has 1 aliphatic heterocycles. The predicted octanol–water partition coefficient (Wildman–Crippen LogP) is 4.01. The minimum absolute atomic E-state index is 0.213. The van der Waals surface area contributed by atoms with E-state index in [1.54, 1.807) is 6.07 Å². The number of hydrogen-bond donors (Lipinski definition) is 1. The SMILES string of the molecule is NC(Cc1ccc(Cl)cc1)c1cc2c(cc1Cl)OCCO2. The fourth-order valence-corrected chi connectivity index (χ4v) is 2.77. The summed E-state index contributed by atoms with van der Waals surface area (Å²) in [5.41, 5.74) is 8.25. The van der Waals surface area contributed by atoms with Crippen molar-refractivity contribution in [3.05, 3.63) is 57.6 Å². The standard InChI is InChI=1S/C16H15Cl2NO2/c17-11-3-1-10(2-4-11)7-14(19)12-8-15-16(9-13(12)18)21-6-5-20-15/h1-4,8-9,14H,5-7,19H2. The summed E-state index contributed by atoms with van der Waals surface area (Å²) < 4.78 is 11.1. The van der Waals surface area contributed by atoms with E-state index in [1.165, 1.54) is 0 Å². The van der Waals surface area contributed by atoms with Crippen molar-refractivity contribution in [2.45, 2.75) is 12.5 Å². The lowest BCUT2D eigenvalue weighted by molar-refractivity contribution is 0.171. The number of ether oxygens (including phenoxy) is 2. The van der Waals surface area contributed by atoms with Crippen LogP contribution < -0.4 is 15.2 Å². The van der Waals surface area contributed by atoms with Crippen LogP contribution in [0.2, 0.25) is 10.0 Å². The second kappa shape index (κ2) is 6.14. The minimum atomic E-state index is -0.213. The van der Waals surface area contributed by atoms with Crippen LogP contribution in [-0.4, -0.2) is 13.2 Å². The van der Waals surface area contributed by atoms with Crippen LogP contribution in [0.25, 0.3) is 0 Å². The molecule has 110 valence electrons. The van der Waals surface area contributed by atoms with Crippen LogP contribution in [0.4, 0.5) is 0 Å². The first-order valence-electron chi connectivity index (χ1n) is 6.72. The van der Waals surface area contributed by atoms with E-state index >= 15 is 0 Å². The van der Waals surface area contributed by atoms with E-state index in [2.05, 4.69) is 0 Å². The number of rotatable bonds is 3. The highest BCUT2D eigenvalue weighted by Gasteiger charge is 2.18. The molecule has 21 heavy (non-hydrogen) atoms. The Kier molecular flexibility index (Phi) is 4.24. The summed E-state index contributed by atoms with van der Waals surface area (Å²) in [6.07, 6.45) is 0.677. The third kappa shape index (κ3) is 3.26. The maximum absolute atomic E-state index is 6.31. The summed E-state index contributed by atoms with van der Waals surface area (Å²) in [7, 11) is 0. The second-order valence-electron chi connectivity index (χ2n) is 4.95. The molecule has 0 saturated heterocycles. The zero-order valence-corrected chi connectivity index (χ0v) is 12.8. The van der Waals surface area contributed by atoms with E-state index in [4.69, 9.17) is 38.4 Å². The van der Waals surface area contributed by atoms with Gasteiger partial charge in [-0.3, -0.25) is 0 Å². The molecule has 0 spiro atoms. The predicted molar refractivity (Wildman–Crippen MR) is 84.5 cm³/mol. The normalized spacial score (nSPS) is 14.8. The Bertz CT molecular complexity index is 643. The molecule has 1 atom stereocenters. The van der Waals surface area contributed by atoms with Gasteiger partial charge in [-0.05, 0) is 35.7 Å². The summed E-state index contributed by atoms with van der Waals surface area (Å²) in [6, 6.07) is 11.1. The average Bonchev–Trinajstić information content (AvgIpc) is 2.49. The first kappa shape index (κ1) is 14.5. The lowest BCUT2D eigenvalue weighted by atomic mass is 9.99. The summed E-state index contributed by atoms with van der Waals surface area (Å²) in [5.74, 6) is 1.38. The summed E-state index contributed by atoms with van der Waals surface area (Å²) in [5, 5.41) is 1.31.